The minimum absolute atomic E-state index is 0.226. The van der Waals surface area contributed by atoms with Crippen molar-refractivity contribution < 1.29 is 4.79 Å². The number of anilines is 3. The van der Waals surface area contributed by atoms with Crippen molar-refractivity contribution in [3.8, 4) is 0 Å². The summed E-state index contributed by atoms with van der Waals surface area (Å²) >= 11 is 0. The summed E-state index contributed by atoms with van der Waals surface area (Å²) < 4.78 is 0. The molecule has 0 saturated heterocycles. The molecule has 0 aliphatic carbocycles. The van der Waals surface area contributed by atoms with E-state index in [1.807, 2.05) is 67.6 Å². The zero-order chi connectivity index (χ0) is 16.1. The summed E-state index contributed by atoms with van der Waals surface area (Å²) in [5.41, 5.74) is 3.96. The van der Waals surface area contributed by atoms with Gasteiger partial charge < -0.3 is 10.6 Å². The van der Waals surface area contributed by atoms with Gasteiger partial charge in [-0.15, -0.1) is 0 Å². The molecular weight excluding hydrogens is 286 g/mol. The predicted molar refractivity (Wildman–Crippen MR) is 93.1 cm³/mol. The number of aromatic nitrogens is 1. The number of pyridine rings is 1. The second-order valence-corrected chi connectivity index (χ2v) is 5.19. The van der Waals surface area contributed by atoms with E-state index in [1.165, 1.54) is 0 Å². The van der Waals surface area contributed by atoms with Crippen molar-refractivity contribution in [1.82, 2.24) is 4.98 Å². The van der Waals surface area contributed by atoms with Gasteiger partial charge in [0, 0.05) is 23.3 Å². The number of hydrogen-bond acceptors (Lipinski definition) is 3. The summed E-state index contributed by atoms with van der Waals surface area (Å²) in [6, 6.07) is 21.0. The third-order valence-corrected chi connectivity index (χ3v) is 3.45. The first kappa shape index (κ1) is 14.8. The molecular formula is C19H17N3O. The van der Waals surface area contributed by atoms with Crippen molar-refractivity contribution in [3.63, 3.8) is 0 Å². The molecule has 0 spiro atoms. The second-order valence-electron chi connectivity index (χ2n) is 5.19. The Kier molecular flexibility index (Phi) is 4.34. The lowest BCUT2D eigenvalue weighted by Crippen LogP contribution is -2.14. The van der Waals surface area contributed by atoms with Gasteiger partial charge in [-0.3, -0.25) is 9.78 Å². The van der Waals surface area contributed by atoms with E-state index in [0.29, 0.717) is 5.69 Å². The van der Waals surface area contributed by atoms with Gasteiger partial charge in [-0.1, -0.05) is 36.4 Å². The normalized spacial score (nSPS) is 10.1. The van der Waals surface area contributed by atoms with E-state index >= 15 is 0 Å². The summed E-state index contributed by atoms with van der Waals surface area (Å²) in [5, 5.41) is 6.14. The molecule has 4 nitrogen and oxygen atoms in total. The number of hydrogen-bond donors (Lipinski definition) is 2. The molecule has 3 aromatic rings. The van der Waals surface area contributed by atoms with Crippen molar-refractivity contribution >= 4 is 23.0 Å². The fraction of sp³-hybridized carbons (Fsp3) is 0.0526. The van der Waals surface area contributed by atoms with Gasteiger partial charge in [0.2, 0.25) is 0 Å². The highest BCUT2D eigenvalue weighted by molar-refractivity contribution is 6.03. The molecule has 1 amide bonds. The van der Waals surface area contributed by atoms with Crippen molar-refractivity contribution in [2.75, 3.05) is 10.6 Å². The van der Waals surface area contributed by atoms with Gasteiger partial charge >= 0.3 is 0 Å². The van der Waals surface area contributed by atoms with Crippen LogP contribution in [0.1, 0.15) is 16.1 Å². The Bertz CT molecular complexity index is 816. The zero-order valence-electron chi connectivity index (χ0n) is 12.8. The first-order valence-corrected chi connectivity index (χ1v) is 7.37. The molecule has 0 unspecified atom stereocenters. The molecule has 2 N–H and O–H groups in total. The molecule has 0 bridgehead atoms. The summed E-state index contributed by atoms with van der Waals surface area (Å²) in [6.45, 7) is 1.95. The topological polar surface area (TPSA) is 54.0 Å². The van der Waals surface area contributed by atoms with Gasteiger partial charge in [0.15, 0.2) is 0 Å². The third kappa shape index (κ3) is 3.74. The quantitative estimate of drug-likeness (QED) is 0.751. The van der Waals surface area contributed by atoms with Gasteiger partial charge in [0.25, 0.3) is 5.91 Å². The largest absolute Gasteiger partial charge is 0.355 e. The standard InChI is InChI=1S/C19H17N3O/c1-14-7-5-6-10-17(14)22-19(23)18-13-16(11-12-20-18)21-15-8-3-2-4-9-15/h2-13H,1H3,(H,20,21)(H,22,23). The molecule has 23 heavy (non-hydrogen) atoms. The highest BCUT2D eigenvalue weighted by Crippen LogP contribution is 2.18. The summed E-state index contributed by atoms with van der Waals surface area (Å²) in [7, 11) is 0. The average molecular weight is 303 g/mol. The molecule has 0 atom stereocenters. The molecule has 0 saturated carbocycles. The highest BCUT2D eigenvalue weighted by atomic mass is 16.1. The van der Waals surface area contributed by atoms with E-state index in [2.05, 4.69) is 15.6 Å². The van der Waals surface area contributed by atoms with Crippen LogP contribution in [0.25, 0.3) is 0 Å². The molecule has 4 heteroatoms. The Hall–Kier alpha value is -3.14. The number of carbonyl (C=O) groups is 1. The molecule has 1 heterocycles. The molecule has 3 rings (SSSR count). The van der Waals surface area contributed by atoms with Crippen LogP contribution in [0.3, 0.4) is 0 Å². The maximum atomic E-state index is 12.4. The van der Waals surface area contributed by atoms with Crippen LogP contribution in [0.4, 0.5) is 17.1 Å². The Morgan fingerprint density at radius 3 is 2.43 bits per heavy atom. The summed E-state index contributed by atoms with van der Waals surface area (Å²) in [6.07, 6.45) is 1.62. The fourth-order valence-corrected chi connectivity index (χ4v) is 2.22. The van der Waals surface area contributed by atoms with Gasteiger partial charge in [-0.05, 0) is 42.8 Å². The van der Waals surface area contributed by atoms with E-state index in [0.717, 1.165) is 22.6 Å². The molecule has 2 aromatic carbocycles. The van der Waals surface area contributed by atoms with Crippen LogP contribution in [-0.2, 0) is 0 Å². The van der Waals surface area contributed by atoms with Crippen molar-refractivity contribution in [2.45, 2.75) is 6.92 Å². The Labute approximate surface area is 135 Å². The van der Waals surface area contributed by atoms with Gasteiger partial charge in [-0.25, -0.2) is 0 Å². The SMILES string of the molecule is Cc1ccccc1NC(=O)c1cc(Nc2ccccc2)ccn1. The van der Waals surface area contributed by atoms with E-state index in [1.54, 1.807) is 12.3 Å². The van der Waals surface area contributed by atoms with Crippen molar-refractivity contribution in [3.05, 3.63) is 84.2 Å². The van der Waals surface area contributed by atoms with Crippen LogP contribution in [0.5, 0.6) is 0 Å². The zero-order valence-corrected chi connectivity index (χ0v) is 12.8. The van der Waals surface area contributed by atoms with Crippen molar-refractivity contribution in [2.24, 2.45) is 0 Å². The summed E-state index contributed by atoms with van der Waals surface area (Å²) in [4.78, 5) is 16.5. The Morgan fingerprint density at radius 1 is 0.913 bits per heavy atom. The molecule has 0 radical (unpaired) electrons. The van der Waals surface area contributed by atoms with E-state index < -0.39 is 0 Å². The number of carbonyl (C=O) groups excluding carboxylic acids is 1. The van der Waals surface area contributed by atoms with Gasteiger partial charge in [0.1, 0.15) is 5.69 Å². The summed E-state index contributed by atoms with van der Waals surface area (Å²) in [5.74, 6) is -0.226. The monoisotopic (exact) mass is 303 g/mol. The Morgan fingerprint density at radius 2 is 1.65 bits per heavy atom. The van der Waals surface area contributed by atoms with Gasteiger partial charge in [0.05, 0.1) is 0 Å². The van der Waals surface area contributed by atoms with Crippen LogP contribution in [0.15, 0.2) is 72.9 Å². The number of para-hydroxylation sites is 2. The lowest BCUT2D eigenvalue weighted by molar-refractivity contribution is 0.102. The maximum Gasteiger partial charge on any atom is 0.274 e. The number of aryl methyl sites for hydroxylation is 1. The van der Waals surface area contributed by atoms with Crippen LogP contribution >= 0.6 is 0 Å². The average Bonchev–Trinajstić information content (AvgIpc) is 2.58. The number of benzene rings is 2. The smallest absolute Gasteiger partial charge is 0.274 e. The first-order chi connectivity index (χ1) is 11.2. The highest BCUT2D eigenvalue weighted by Gasteiger charge is 2.09. The number of amides is 1. The van der Waals surface area contributed by atoms with E-state index in [4.69, 9.17) is 0 Å². The van der Waals surface area contributed by atoms with E-state index in [-0.39, 0.29) is 5.91 Å². The minimum atomic E-state index is -0.226. The maximum absolute atomic E-state index is 12.4. The minimum Gasteiger partial charge on any atom is -0.355 e. The second kappa shape index (κ2) is 6.75. The van der Waals surface area contributed by atoms with Crippen LogP contribution in [0, 0.1) is 6.92 Å². The lowest BCUT2D eigenvalue weighted by Gasteiger charge is -2.09. The molecule has 0 fully saturated rings. The molecule has 0 aliphatic rings. The Balaban J connectivity index is 1.77. The molecule has 114 valence electrons. The first-order valence-electron chi connectivity index (χ1n) is 7.37. The van der Waals surface area contributed by atoms with Crippen LogP contribution < -0.4 is 10.6 Å². The predicted octanol–water partition coefficient (Wildman–Crippen LogP) is 4.39. The third-order valence-electron chi connectivity index (χ3n) is 3.45. The lowest BCUT2D eigenvalue weighted by atomic mass is 10.2. The number of nitrogens with one attached hydrogen (secondary N) is 2. The number of rotatable bonds is 4. The fourth-order valence-electron chi connectivity index (χ4n) is 2.22. The van der Waals surface area contributed by atoms with Crippen LogP contribution in [0.2, 0.25) is 0 Å². The number of nitrogens with zero attached hydrogens (tertiary/aromatic N) is 1. The van der Waals surface area contributed by atoms with Crippen molar-refractivity contribution in [1.29, 1.82) is 0 Å². The van der Waals surface area contributed by atoms with E-state index in [9.17, 15) is 4.79 Å². The molecule has 1 aromatic heterocycles. The van der Waals surface area contributed by atoms with Gasteiger partial charge in [-0.2, -0.15) is 0 Å². The van der Waals surface area contributed by atoms with Crippen LogP contribution in [-0.4, -0.2) is 10.9 Å². The molecule has 0 aliphatic heterocycles.